The van der Waals surface area contributed by atoms with Crippen LogP contribution in [0.5, 0.6) is 0 Å². The maximum atomic E-state index is 4.78. The number of nitrogens with zero attached hydrogens (tertiary/aromatic N) is 2. The SMILES string of the molecule is CCNCc1sc(N2CCCC(C)(C)CC2)nc1C. The Morgan fingerprint density at radius 2 is 2.11 bits per heavy atom. The molecule has 0 bridgehead atoms. The van der Waals surface area contributed by atoms with E-state index in [0.29, 0.717) is 5.41 Å². The van der Waals surface area contributed by atoms with Crippen LogP contribution >= 0.6 is 11.3 Å². The largest absolute Gasteiger partial charge is 0.348 e. The second-order valence-electron chi connectivity index (χ2n) is 6.29. The molecule has 1 aliphatic rings. The molecule has 2 heterocycles. The van der Waals surface area contributed by atoms with E-state index < -0.39 is 0 Å². The van der Waals surface area contributed by atoms with Gasteiger partial charge in [0.2, 0.25) is 0 Å². The summed E-state index contributed by atoms with van der Waals surface area (Å²) in [6, 6.07) is 0. The first-order valence-corrected chi connectivity index (χ1v) is 8.25. The van der Waals surface area contributed by atoms with Crippen LogP contribution < -0.4 is 10.2 Å². The molecule has 0 radical (unpaired) electrons. The highest BCUT2D eigenvalue weighted by atomic mass is 32.1. The van der Waals surface area contributed by atoms with E-state index in [9.17, 15) is 0 Å². The average Bonchev–Trinajstić information content (AvgIpc) is 2.61. The van der Waals surface area contributed by atoms with Crippen molar-refractivity contribution in [2.75, 3.05) is 24.5 Å². The molecule has 0 atom stereocenters. The van der Waals surface area contributed by atoms with E-state index in [-0.39, 0.29) is 0 Å². The Hall–Kier alpha value is -0.610. The van der Waals surface area contributed by atoms with Crippen LogP contribution in [0.25, 0.3) is 0 Å². The van der Waals surface area contributed by atoms with Crippen LogP contribution in [0.1, 0.15) is 50.6 Å². The molecule has 0 spiro atoms. The third-order valence-electron chi connectivity index (χ3n) is 4.03. The maximum Gasteiger partial charge on any atom is 0.185 e. The first kappa shape index (κ1) is 14.8. The van der Waals surface area contributed by atoms with E-state index >= 15 is 0 Å². The fraction of sp³-hybridized carbons (Fsp3) is 0.800. The standard InChI is InChI=1S/C15H27N3S/c1-5-16-11-13-12(2)17-14(19-13)18-9-6-7-15(3,4)8-10-18/h16H,5-11H2,1-4H3. The van der Waals surface area contributed by atoms with Crippen molar-refractivity contribution in [3.05, 3.63) is 10.6 Å². The molecule has 3 nitrogen and oxygen atoms in total. The average molecular weight is 281 g/mol. The van der Waals surface area contributed by atoms with Gasteiger partial charge in [-0.15, -0.1) is 11.3 Å². The van der Waals surface area contributed by atoms with Gasteiger partial charge in [0.1, 0.15) is 0 Å². The molecular formula is C15H27N3S. The van der Waals surface area contributed by atoms with E-state index in [0.717, 1.165) is 26.2 Å². The number of hydrogen-bond acceptors (Lipinski definition) is 4. The molecule has 0 unspecified atom stereocenters. The van der Waals surface area contributed by atoms with Crippen molar-refractivity contribution in [3.8, 4) is 0 Å². The summed E-state index contributed by atoms with van der Waals surface area (Å²) in [6.45, 7) is 13.4. The predicted molar refractivity (Wildman–Crippen MR) is 84.1 cm³/mol. The number of aromatic nitrogens is 1. The van der Waals surface area contributed by atoms with Crippen molar-refractivity contribution in [2.24, 2.45) is 5.41 Å². The summed E-state index contributed by atoms with van der Waals surface area (Å²) in [7, 11) is 0. The minimum absolute atomic E-state index is 0.494. The van der Waals surface area contributed by atoms with Crippen LogP contribution in [0, 0.1) is 12.3 Å². The smallest absolute Gasteiger partial charge is 0.185 e. The molecule has 4 heteroatoms. The van der Waals surface area contributed by atoms with Gasteiger partial charge in [-0.3, -0.25) is 0 Å². The Labute approximate surface area is 121 Å². The Kier molecular flexibility index (Phi) is 4.85. The van der Waals surface area contributed by atoms with Crippen LogP contribution in [-0.4, -0.2) is 24.6 Å². The molecule has 1 aromatic heterocycles. The van der Waals surface area contributed by atoms with Crippen LogP contribution in [0.15, 0.2) is 0 Å². The minimum Gasteiger partial charge on any atom is -0.348 e. The molecule has 0 saturated carbocycles. The number of aryl methyl sites for hydroxylation is 1. The highest BCUT2D eigenvalue weighted by Gasteiger charge is 2.24. The molecule has 2 rings (SSSR count). The molecule has 0 aliphatic carbocycles. The van der Waals surface area contributed by atoms with Crippen LogP contribution in [0.4, 0.5) is 5.13 Å². The van der Waals surface area contributed by atoms with Gasteiger partial charge in [-0.05, 0) is 38.1 Å². The van der Waals surface area contributed by atoms with Gasteiger partial charge in [-0.2, -0.15) is 0 Å². The molecular weight excluding hydrogens is 254 g/mol. The first-order chi connectivity index (χ1) is 9.02. The zero-order chi connectivity index (χ0) is 13.9. The lowest BCUT2D eigenvalue weighted by Crippen LogP contribution is -2.24. The third-order valence-corrected chi connectivity index (χ3v) is 5.25. The fourth-order valence-corrected chi connectivity index (χ4v) is 3.65. The van der Waals surface area contributed by atoms with E-state index in [1.807, 2.05) is 11.3 Å². The summed E-state index contributed by atoms with van der Waals surface area (Å²) >= 11 is 1.87. The van der Waals surface area contributed by atoms with Gasteiger partial charge in [-0.1, -0.05) is 20.8 Å². The topological polar surface area (TPSA) is 28.2 Å². The summed E-state index contributed by atoms with van der Waals surface area (Å²) in [6.07, 6.45) is 3.89. The molecule has 1 aromatic rings. The van der Waals surface area contributed by atoms with Gasteiger partial charge < -0.3 is 10.2 Å². The van der Waals surface area contributed by atoms with Gasteiger partial charge in [0.05, 0.1) is 5.69 Å². The van der Waals surface area contributed by atoms with Crippen molar-refractivity contribution < 1.29 is 0 Å². The second-order valence-corrected chi connectivity index (χ2v) is 7.35. The van der Waals surface area contributed by atoms with E-state index in [1.54, 1.807) is 0 Å². The monoisotopic (exact) mass is 281 g/mol. The van der Waals surface area contributed by atoms with E-state index in [1.165, 1.54) is 35.0 Å². The number of hydrogen-bond donors (Lipinski definition) is 1. The van der Waals surface area contributed by atoms with Crippen molar-refractivity contribution in [1.29, 1.82) is 0 Å². The van der Waals surface area contributed by atoms with Crippen molar-refractivity contribution in [2.45, 2.75) is 53.5 Å². The second kappa shape index (κ2) is 6.23. The van der Waals surface area contributed by atoms with Gasteiger partial charge in [0, 0.05) is 24.5 Å². The van der Waals surface area contributed by atoms with Crippen LogP contribution in [-0.2, 0) is 6.54 Å². The molecule has 1 fully saturated rings. The number of anilines is 1. The minimum atomic E-state index is 0.494. The Morgan fingerprint density at radius 1 is 1.32 bits per heavy atom. The molecule has 0 amide bonds. The molecule has 0 aromatic carbocycles. The summed E-state index contributed by atoms with van der Waals surface area (Å²) in [5.74, 6) is 0. The Bertz CT molecular complexity index is 412. The van der Waals surface area contributed by atoms with Gasteiger partial charge in [0.25, 0.3) is 0 Å². The summed E-state index contributed by atoms with van der Waals surface area (Å²) in [4.78, 5) is 8.66. The number of rotatable bonds is 4. The summed E-state index contributed by atoms with van der Waals surface area (Å²) < 4.78 is 0. The molecule has 1 aliphatic heterocycles. The van der Waals surface area contributed by atoms with Crippen molar-refractivity contribution >= 4 is 16.5 Å². The maximum absolute atomic E-state index is 4.78. The van der Waals surface area contributed by atoms with E-state index in [4.69, 9.17) is 4.98 Å². The van der Waals surface area contributed by atoms with E-state index in [2.05, 4.69) is 37.9 Å². The van der Waals surface area contributed by atoms with Crippen molar-refractivity contribution in [3.63, 3.8) is 0 Å². The molecule has 1 saturated heterocycles. The summed E-state index contributed by atoms with van der Waals surface area (Å²) in [5.41, 5.74) is 1.69. The number of nitrogens with one attached hydrogen (secondary N) is 1. The quantitative estimate of drug-likeness (QED) is 0.914. The predicted octanol–water partition coefficient (Wildman–Crippen LogP) is 3.58. The van der Waals surface area contributed by atoms with Crippen LogP contribution in [0.3, 0.4) is 0 Å². The molecule has 1 N–H and O–H groups in total. The highest BCUT2D eigenvalue weighted by molar-refractivity contribution is 7.15. The summed E-state index contributed by atoms with van der Waals surface area (Å²) in [5, 5.41) is 4.62. The lowest BCUT2D eigenvalue weighted by molar-refractivity contribution is 0.325. The number of thiazole rings is 1. The third kappa shape index (κ3) is 3.93. The van der Waals surface area contributed by atoms with Gasteiger partial charge in [-0.25, -0.2) is 4.98 Å². The first-order valence-electron chi connectivity index (χ1n) is 7.44. The molecule has 108 valence electrons. The Morgan fingerprint density at radius 3 is 2.84 bits per heavy atom. The highest BCUT2D eigenvalue weighted by Crippen LogP contribution is 2.33. The van der Waals surface area contributed by atoms with Crippen molar-refractivity contribution in [1.82, 2.24) is 10.3 Å². The zero-order valence-electron chi connectivity index (χ0n) is 12.8. The zero-order valence-corrected chi connectivity index (χ0v) is 13.6. The lowest BCUT2D eigenvalue weighted by atomic mass is 9.85. The van der Waals surface area contributed by atoms with Gasteiger partial charge >= 0.3 is 0 Å². The Balaban J connectivity index is 2.05. The van der Waals surface area contributed by atoms with Gasteiger partial charge in [0.15, 0.2) is 5.13 Å². The lowest BCUT2D eigenvalue weighted by Gasteiger charge is -2.22. The fourth-order valence-electron chi connectivity index (χ4n) is 2.56. The normalized spacial score (nSPS) is 19.5. The molecule has 19 heavy (non-hydrogen) atoms. The van der Waals surface area contributed by atoms with Crippen LogP contribution in [0.2, 0.25) is 0 Å².